The van der Waals surface area contributed by atoms with Crippen molar-refractivity contribution in [3.8, 4) is 0 Å². The van der Waals surface area contributed by atoms with E-state index in [1.165, 1.54) is 83.5 Å². The predicted octanol–water partition coefficient (Wildman–Crippen LogP) is 11.4. The highest BCUT2D eigenvalue weighted by Crippen LogP contribution is 2.11. The van der Waals surface area contributed by atoms with Crippen LogP contribution in [0.1, 0.15) is 181 Å². The molecule has 0 saturated carbocycles. The minimum Gasteiger partial charge on any atom is -0.466 e. The molecule has 0 unspecified atom stereocenters. The Labute approximate surface area is 292 Å². The Morgan fingerprint density at radius 1 is 0.532 bits per heavy atom. The number of allylic oxidation sites excluding steroid dienone is 4. The van der Waals surface area contributed by atoms with Crippen molar-refractivity contribution in [2.45, 2.75) is 188 Å². The minimum absolute atomic E-state index is 0.148. The summed E-state index contributed by atoms with van der Waals surface area (Å²) < 4.78 is 23.3. The number of esters is 1. The molecule has 0 atom stereocenters. The van der Waals surface area contributed by atoms with Crippen LogP contribution >= 0.6 is 0 Å². The van der Waals surface area contributed by atoms with E-state index in [1.54, 1.807) is 0 Å². The van der Waals surface area contributed by atoms with E-state index in [-0.39, 0.29) is 12.3 Å². The third-order valence-electron chi connectivity index (χ3n) is 8.32. The number of carbonyl (C=O) groups excluding carboxylic acids is 1. The molecule has 0 aliphatic rings. The van der Waals surface area contributed by atoms with Gasteiger partial charge in [-0.1, -0.05) is 109 Å². The number of hydrogen-bond acceptors (Lipinski definition) is 6. The molecule has 0 aliphatic carbocycles. The van der Waals surface area contributed by atoms with Crippen molar-refractivity contribution in [3.63, 3.8) is 0 Å². The number of hydrogen-bond donors (Lipinski definition) is 1. The molecule has 1 N–H and O–H groups in total. The molecule has 0 bridgehead atoms. The topological polar surface area (TPSA) is 66.0 Å². The number of unbranched alkanes of at least 4 members (excludes halogenated alkanes) is 16. The first-order chi connectivity index (χ1) is 23.2. The Morgan fingerprint density at radius 2 is 1.00 bits per heavy atom. The molecule has 0 spiro atoms. The van der Waals surface area contributed by atoms with E-state index in [1.807, 2.05) is 0 Å². The third kappa shape index (κ3) is 39.1. The average molecular weight is 666 g/mol. The molecule has 0 aromatic heterocycles. The van der Waals surface area contributed by atoms with Crippen LogP contribution in [0, 0.1) is 0 Å². The lowest BCUT2D eigenvalue weighted by Crippen LogP contribution is -2.21. The summed E-state index contributed by atoms with van der Waals surface area (Å²) in [5.41, 5.74) is 0. The van der Waals surface area contributed by atoms with Gasteiger partial charge in [-0.3, -0.25) is 4.79 Å². The number of ether oxygens (including phenoxy) is 4. The molecule has 6 heteroatoms. The lowest BCUT2D eigenvalue weighted by atomic mass is 10.1. The van der Waals surface area contributed by atoms with Gasteiger partial charge < -0.3 is 24.3 Å². The highest BCUT2D eigenvalue weighted by molar-refractivity contribution is 5.69. The molecule has 0 heterocycles. The van der Waals surface area contributed by atoms with E-state index in [9.17, 15) is 4.79 Å². The molecule has 0 saturated heterocycles. The largest absolute Gasteiger partial charge is 0.466 e. The fraction of sp³-hybridized carbons (Fsp3) is 0.878. The maximum atomic E-state index is 12.3. The van der Waals surface area contributed by atoms with Gasteiger partial charge >= 0.3 is 5.97 Å². The maximum Gasteiger partial charge on any atom is 0.305 e. The zero-order valence-corrected chi connectivity index (χ0v) is 31.6. The second kappa shape index (κ2) is 41.0. The fourth-order valence-corrected chi connectivity index (χ4v) is 5.34. The summed E-state index contributed by atoms with van der Waals surface area (Å²) in [6, 6.07) is 0. The lowest BCUT2D eigenvalue weighted by molar-refractivity contribution is -0.159. The first kappa shape index (κ1) is 45.8. The van der Waals surface area contributed by atoms with E-state index in [2.05, 4.69) is 50.4 Å². The summed E-state index contributed by atoms with van der Waals surface area (Å²) in [7, 11) is 0. The molecule has 0 amide bonds. The van der Waals surface area contributed by atoms with Crippen LogP contribution in [0.2, 0.25) is 0 Å². The fourth-order valence-electron chi connectivity index (χ4n) is 5.34. The molecule has 0 aromatic carbocycles. The van der Waals surface area contributed by atoms with Crippen LogP contribution in [0.4, 0.5) is 0 Å². The molecule has 0 aromatic rings. The van der Waals surface area contributed by atoms with E-state index in [0.717, 1.165) is 90.5 Å². The van der Waals surface area contributed by atoms with Gasteiger partial charge in [0.05, 0.1) is 13.0 Å². The first-order valence-electron chi connectivity index (χ1n) is 20.2. The Kier molecular flexibility index (Phi) is 39.9. The third-order valence-corrected chi connectivity index (χ3v) is 8.32. The van der Waals surface area contributed by atoms with Crippen LogP contribution in [0.15, 0.2) is 24.3 Å². The van der Waals surface area contributed by atoms with Gasteiger partial charge in [0.2, 0.25) is 0 Å². The average Bonchev–Trinajstić information content (AvgIpc) is 3.08. The summed E-state index contributed by atoms with van der Waals surface area (Å²) in [5, 5.41) is 3.54. The zero-order chi connectivity index (χ0) is 34.1. The molecule has 0 fully saturated rings. The minimum atomic E-state index is -0.330. The van der Waals surface area contributed by atoms with Crippen molar-refractivity contribution in [2.75, 3.05) is 46.1 Å². The van der Waals surface area contributed by atoms with Crippen LogP contribution in [-0.4, -0.2) is 58.4 Å². The van der Waals surface area contributed by atoms with Crippen LogP contribution in [-0.2, 0) is 23.7 Å². The number of nitrogens with one attached hydrogen (secondary N) is 1. The van der Waals surface area contributed by atoms with E-state index in [0.29, 0.717) is 32.7 Å². The van der Waals surface area contributed by atoms with Crippen molar-refractivity contribution in [3.05, 3.63) is 24.3 Å². The SMILES string of the molecule is CC/C=C\CCCCOC(CCC(=O)OCCCCNCCCCCCCCCOCCCCCCCC)OCCCC/C=C\CC. The predicted molar refractivity (Wildman–Crippen MR) is 201 cm³/mol. The van der Waals surface area contributed by atoms with Crippen LogP contribution < -0.4 is 5.32 Å². The molecular formula is C41H79NO5. The van der Waals surface area contributed by atoms with Crippen molar-refractivity contribution >= 4 is 5.97 Å². The van der Waals surface area contributed by atoms with Gasteiger partial charge in [0.15, 0.2) is 6.29 Å². The maximum absolute atomic E-state index is 12.3. The van der Waals surface area contributed by atoms with Crippen LogP contribution in [0.3, 0.4) is 0 Å². The summed E-state index contributed by atoms with van der Waals surface area (Å²) in [6.07, 6.45) is 37.1. The van der Waals surface area contributed by atoms with E-state index in [4.69, 9.17) is 18.9 Å². The monoisotopic (exact) mass is 666 g/mol. The number of carbonyl (C=O) groups is 1. The number of rotatable bonds is 39. The molecule has 0 rings (SSSR count). The van der Waals surface area contributed by atoms with Crippen molar-refractivity contribution in [1.82, 2.24) is 5.32 Å². The Hall–Kier alpha value is -1.21. The van der Waals surface area contributed by atoms with Gasteiger partial charge in [0.25, 0.3) is 0 Å². The van der Waals surface area contributed by atoms with Gasteiger partial charge in [-0.25, -0.2) is 0 Å². The molecule has 6 nitrogen and oxygen atoms in total. The summed E-state index contributed by atoms with van der Waals surface area (Å²) in [6.45, 7) is 12.4. The van der Waals surface area contributed by atoms with Gasteiger partial charge in [-0.2, -0.15) is 0 Å². The van der Waals surface area contributed by atoms with Crippen molar-refractivity contribution in [2.24, 2.45) is 0 Å². The Bertz CT molecular complexity index is 644. The summed E-state index contributed by atoms with van der Waals surface area (Å²) in [4.78, 5) is 12.3. The van der Waals surface area contributed by atoms with Gasteiger partial charge in [-0.15, -0.1) is 0 Å². The highest BCUT2D eigenvalue weighted by Gasteiger charge is 2.13. The molecule has 0 radical (unpaired) electrons. The molecular weight excluding hydrogens is 586 g/mol. The van der Waals surface area contributed by atoms with Gasteiger partial charge in [-0.05, 0) is 96.6 Å². The lowest BCUT2D eigenvalue weighted by Gasteiger charge is -2.18. The second-order valence-corrected chi connectivity index (χ2v) is 13.0. The van der Waals surface area contributed by atoms with Gasteiger partial charge in [0.1, 0.15) is 0 Å². The Balaban J connectivity index is 3.68. The molecule has 0 aliphatic heterocycles. The normalized spacial score (nSPS) is 11.9. The summed E-state index contributed by atoms with van der Waals surface area (Å²) >= 11 is 0. The van der Waals surface area contributed by atoms with E-state index < -0.39 is 0 Å². The standard InChI is InChI=1S/C41H79NO5/c1-4-7-10-13-20-26-35-44-36-27-21-18-16-17-19-24-33-42-34-25-30-37-45-40(43)31-32-41(46-38-28-22-14-11-8-5-2)47-39-29-23-15-12-9-6-3/h8-9,11-12,41-42H,4-7,10,13-39H2,1-3H3/b11-8-,12-9-. The molecule has 278 valence electrons. The highest BCUT2D eigenvalue weighted by atomic mass is 16.7. The van der Waals surface area contributed by atoms with Gasteiger partial charge in [0, 0.05) is 32.8 Å². The van der Waals surface area contributed by atoms with Crippen molar-refractivity contribution < 1.29 is 23.7 Å². The second-order valence-electron chi connectivity index (χ2n) is 13.0. The van der Waals surface area contributed by atoms with Crippen molar-refractivity contribution in [1.29, 1.82) is 0 Å². The zero-order valence-electron chi connectivity index (χ0n) is 31.6. The molecule has 47 heavy (non-hydrogen) atoms. The quantitative estimate of drug-likeness (QED) is 0.0305. The van der Waals surface area contributed by atoms with E-state index >= 15 is 0 Å². The smallest absolute Gasteiger partial charge is 0.305 e. The first-order valence-corrected chi connectivity index (χ1v) is 20.2. The van der Waals surface area contributed by atoms with Crippen LogP contribution in [0.5, 0.6) is 0 Å². The van der Waals surface area contributed by atoms with Crippen LogP contribution in [0.25, 0.3) is 0 Å². The Morgan fingerprint density at radius 3 is 1.55 bits per heavy atom. The summed E-state index contributed by atoms with van der Waals surface area (Å²) in [5.74, 6) is -0.148.